The molecule has 1 amide bonds. The first-order valence-electron chi connectivity index (χ1n) is 4.95. The van der Waals surface area contributed by atoms with Crippen LogP contribution in [0.4, 0.5) is 0 Å². The molecule has 1 rings (SSSR count). The van der Waals surface area contributed by atoms with Gasteiger partial charge in [0.15, 0.2) is 0 Å². The third kappa shape index (κ3) is 2.67. The number of amides is 1. The molecule has 4 nitrogen and oxygen atoms in total. The number of hydrogen-bond acceptors (Lipinski definition) is 3. The molecule has 0 aromatic rings. The topological polar surface area (TPSA) is 72.4 Å². The maximum Gasteiger partial charge on any atom is 0.239 e. The highest BCUT2D eigenvalue weighted by Crippen LogP contribution is 2.09. The molecule has 1 aliphatic heterocycles. The van der Waals surface area contributed by atoms with E-state index in [-0.39, 0.29) is 18.0 Å². The summed E-state index contributed by atoms with van der Waals surface area (Å²) in [5, 5.41) is 0. The minimum absolute atomic E-state index is 0.0781. The fourth-order valence-corrected chi connectivity index (χ4v) is 1.53. The van der Waals surface area contributed by atoms with Crippen molar-refractivity contribution >= 4 is 5.91 Å². The number of hydrogen-bond donors (Lipinski definition) is 2. The first-order valence-corrected chi connectivity index (χ1v) is 4.95. The van der Waals surface area contributed by atoms with E-state index in [2.05, 4.69) is 0 Å². The summed E-state index contributed by atoms with van der Waals surface area (Å²) in [7, 11) is 0. The van der Waals surface area contributed by atoms with E-state index in [1.807, 2.05) is 11.8 Å². The van der Waals surface area contributed by atoms with Gasteiger partial charge in [-0.15, -0.1) is 0 Å². The molecule has 0 spiro atoms. The maximum atomic E-state index is 11.6. The Labute approximate surface area is 79.3 Å². The van der Waals surface area contributed by atoms with Crippen molar-refractivity contribution in [1.29, 1.82) is 0 Å². The van der Waals surface area contributed by atoms with Crippen LogP contribution < -0.4 is 11.5 Å². The summed E-state index contributed by atoms with van der Waals surface area (Å²) in [6.07, 6.45) is 2.52. The third-order valence-electron chi connectivity index (χ3n) is 2.61. The quantitative estimate of drug-likeness (QED) is 0.619. The van der Waals surface area contributed by atoms with Crippen LogP contribution in [0, 0.1) is 0 Å². The van der Waals surface area contributed by atoms with Crippen LogP contribution >= 0.6 is 0 Å². The van der Waals surface area contributed by atoms with E-state index in [1.54, 1.807) is 0 Å². The summed E-state index contributed by atoms with van der Waals surface area (Å²) in [6.45, 7) is 3.47. The number of carbonyl (C=O) groups excluding carboxylic acids is 1. The van der Waals surface area contributed by atoms with Gasteiger partial charge in [-0.1, -0.05) is 6.92 Å². The summed E-state index contributed by atoms with van der Waals surface area (Å²) in [6, 6.07) is -0.0591. The summed E-state index contributed by atoms with van der Waals surface area (Å²) >= 11 is 0. The summed E-state index contributed by atoms with van der Waals surface area (Å²) in [4.78, 5) is 13.4. The molecular formula is C9H19N3O. The summed E-state index contributed by atoms with van der Waals surface area (Å²) in [5.41, 5.74) is 11.4. The Balaban J connectivity index is 2.40. The van der Waals surface area contributed by atoms with Crippen LogP contribution in [0.5, 0.6) is 0 Å². The van der Waals surface area contributed by atoms with E-state index in [0.29, 0.717) is 6.42 Å². The first kappa shape index (κ1) is 10.5. The van der Waals surface area contributed by atoms with Crippen LogP contribution in [0.3, 0.4) is 0 Å². The monoisotopic (exact) mass is 185 g/mol. The van der Waals surface area contributed by atoms with Crippen LogP contribution in [0.1, 0.15) is 26.2 Å². The lowest BCUT2D eigenvalue weighted by atomic mass is 10.0. The highest BCUT2D eigenvalue weighted by molar-refractivity contribution is 5.81. The van der Waals surface area contributed by atoms with Crippen LogP contribution in [0.25, 0.3) is 0 Å². The number of likely N-dealkylation sites (tertiary alicyclic amines) is 1. The van der Waals surface area contributed by atoms with Crippen molar-refractivity contribution in [3.8, 4) is 0 Å². The third-order valence-corrected chi connectivity index (χ3v) is 2.61. The minimum atomic E-state index is -0.325. The highest BCUT2D eigenvalue weighted by atomic mass is 16.2. The molecule has 1 atom stereocenters. The number of rotatable bonds is 2. The van der Waals surface area contributed by atoms with Gasteiger partial charge in [0.1, 0.15) is 0 Å². The van der Waals surface area contributed by atoms with Gasteiger partial charge in [0.25, 0.3) is 0 Å². The molecule has 4 heteroatoms. The van der Waals surface area contributed by atoms with Crippen LogP contribution in [-0.2, 0) is 4.79 Å². The van der Waals surface area contributed by atoms with Crippen LogP contribution in [0.15, 0.2) is 0 Å². The van der Waals surface area contributed by atoms with Gasteiger partial charge in [-0.2, -0.15) is 0 Å². The van der Waals surface area contributed by atoms with E-state index in [9.17, 15) is 4.79 Å². The van der Waals surface area contributed by atoms with Crippen molar-refractivity contribution in [1.82, 2.24) is 4.90 Å². The average Bonchev–Trinajstić information content (AvgIpc) is 2.17. The predicted octanol–water partition coefficient (Wildman–Crippen LogP) is -0.327. The van der Waals surface area contributed by atoms with E-state index in [4.69, 9.17) is 11.5 Å². The molecule has 0 aliphatic carbocycles. The van der Waals surface area contributed by atoms with Gasteiger partial charge in [-0.25, -0.2) is 0 Å². The molecule has 13 heavy (non-hydrogen) atoms. The van der Waals surface area contributed by atoms with Gasteiger partial charge in [0.2, 0.25) is 5.91 Å². The number of piperidine rings is 1. The fourth-order valence-electron chi connectivity index (χ4n) is 1.53. The van der Waals surface area contributed by atoms with E-state index >= 15 is 0 Å². The first-order chi connectivity index (χ1) is 6.15. The number of nitrogens with zero attached hydrogens (tertiary/aromatic N) is 1. The van der Waals surface area contributed by atoms with Crippen LogP contribution in [0.2, 0.25) is 0 Å². The van der Waals surface area contributed by atoms with E-state index in [1.165, 1.54) is 0 Å². The van der Waals surface area contributed by atoms with E-state index in [0.717, 1.165) is 25.9 Å². The number of nitrogens with two attached hydrogens (primary N) is 2. The molecule has 0 unspecified atom stereocenters. The molecule has 1 aliphatic rings. The lowest BCUT2D eigenvalue weighted by Crippen LogP contribution is -2.49. The van der Waals surface area contributed by atoms with Gasteiger partial charge in [-0.05, 0) is 19.3 Å². The second-order valence-corrected chi connectivity index (χ2v) is 3.68. The van der Waals surface area contributed by atoms with Crippen molar-refractivity contribution < 1.29 is 4.79 Å². The Kier molecular flexibility index (Phi) is 3.69. The molecule has 0 bridgehead atoms. The van der Waals surface area contributed by atoms with Gasteiger partial charge >= 0.3 is 0 Å². The molecule has 0 saturated carbocycles. The van der Waals surface area contributed by atoms with Crippen molar-refractivity contribution in [2.24, 2.45) is 11.5 Å². The Morgan fingerprint density at radius 2 is 2.08 bits per heavy atom. The molecule has 1 fully saturated rings. The summed E-state index contributed by atoms with van der Waals surface area (Å²) < 4.78 is 0. The normalized spacial score (nSPS) is 21.6. The van der Waals surface area contributed by atoms with Crippen molar-refractivity contribution in [3.63, 3.8) is 0 Å². The Hall–Kier alpha value is -0.610. The Morgan fingerprint density at radius 3 is 2.54 bits per heavy atom. The average molecular weight is 185 g/mol. The van der Waals surface area contributed by atoms with Gasteiger partial charge in [0, 0.05) is 19.1 Å². The molecule has 1 heterocycles. The van der Waals surface area contributed by atoms with E-state index < -0.39 is 0 Å². The second-order valence-electron chi connectivity index (χ2n) is 3.68. The molecule has 76 valence electrons. The predicted molar refractivity (Wildman–Crippen MR) is 52.1 cm³/mol. The fraction of sp³-hybridized carbons (Fsp3) is 0.889. The minimum Gasteiger partial charge on any atom is -0.341 e. The molecule has 0 aromatic carbocycles. The Bertz CT molecular complexity index is 176. The lowest BCUT2D eigenvalue weighted by Gasteiger charge is -2.31. The number of carbonyl (C=O) groups is 1. The zero-order valence-electron chi connectivity index (χ0n) is 8.20. The summed E-state index contributed by atoms with van der Waals surface area (Å²) in [5.74, 6) is 0.0781. The maximum absolute atomic E-state index is 11.6. The SMILES string of the molecule is CC[C@@H](N)C(=O)N1CCC(N)CC1. The van der Waals surface area contributed by atoms with Gasteiger partial charge < -0.3 is 16.4 Å². The lowest BCUT2D eigenvalue weighted by molar-refractivity contribution is -0.133. The molecule has 0 radical (unpaired) electrons. The second kappa shape index (κ2) is 4.58. The zero-order valence-corrected chi connectivity index (χ0v) is 8.20. The van der Waals surface area contributed by atoms with Crippen molar-refractivity contribution in [2.75, 3.05) is 13.1 Å². The van der Waals surface area contributed by atoms with Crippen LogP contribution in [-0.4, -0.2) is 36.0 Å². The smallest absolute Gasteiger partial charge is 0.239 e. The molecule has 1 saturated heterocycles. The van der Waals surface area contributed by atoms with Crippen molar-refractivity contribution in [3.05, 3.63) is 0 Å². The zero-order chi connectivity index (χ0) is 9.84. The Morgan fingerprint density at radius 1 is 1.54 bits per heavy atom. The largest absolute Gasteiger partial charge is 0.341 e. The molecule has 4 N–H and O–H groups in total. The molecule has 0 aromatic heterocycles. The van der Waals surface area contributed by atoms with Crippen molar-refractivity contribution in [2.45, 2.75) is 38.3 Å². The standard InChI is InChI=1S/C9H19N3O/c1-2-8(11)9(13)12-5-3-7(10)4-6-12/h7-8H,2-6,10-11H2,1H3/t8-/m1/s1. The molecular weight excluding hydrogens is 166 g/mol. The van der Waals surface area contributed by atoms with Gasteiger partial charge in [-0.3, -0.25) is 4.79 Å². The highest BCUT2D eigenvalue weighted by Gasteiger charge is 2.23. The van der Waals surface area contributed by atoms with Gasteiger partial charge in [0.05, 0.1) is 6.04 Å².